The standard InChI is InChI=1S/C21H32N2O2/c1-14-7-6-8-20(15(14)2)25-13-21(24)23(5)19-11-16-9-18(22(3)4)10-17(16)12-19/h6-8,16-19H,9-13H2,1-5H3/t16-,17+,18?,19?. The molecule has 0 N–H and O–H groups in total. The first kappa shape index (κ1) is 18.2. The highest BCUT2D eigenvalue weighted by atomic mass is 16.5. The van der Waals surface area contributed by atoms with Gasteiger partial charge >= 0.3 is 0 Å². The van der Waals surface area contributed by atoms with Crippen LogP contribution in [0.2, 0.25) is 0 Å². The maximum Gasteiger partial charge on any atom is 0.260 e. The molecule has 2 unspecified atom stereocenters. The number of carbonyl (C=O) groups is 1. The molecule has 0 bridgehead atoms. The SMILES string of the molecule is Cc1cccc(OCC(=O)N(C)C2C[C@H]3CC(N(C)C)C[C@H]3C2)c1C. The number of benzene rings is 1. The molecule has 1 amide bonds. The van der Waals surface area contributed by atoms with E-state index in [1.165, 1.54) is 18.4 Å². The summed E-state index contributed by atoms with van der Waals surface area (Å²) in [6, 6.07) is 7.09. The van der Waals surface area contributed by atoms with E-state index in [0.717, 1.165) is 42.0 Å². The van der Waals surface area contributed by atoms with Gasteiger partial charge in [-0.15, -0.1) is 0 Å². The summed E-state index contributed by atoms with van der Waals surface area (Å²) >= 11 is 0. The molecule has 2 fully saturated rings. The van der Waals surface area contributed by atoms with Gasteiger partial charge in [0.1, 0.15) is 5.75 Å². The molecule has 2 saturated carbocycles. The summed E-state index contributed by atoms with van der Waals surface area (Å²) in [5.74, 6) is 2.48. The molecule has 1 aromatic carbocycles. The second-order valence-corrected chi connectivity index (χ2v) is 8.23. The van der Waals surface area contributed by atoms with E-state index in [-0.39, 0.29) is 12.5 Å². The Balaban J connectivity index is 1.51. The smallest absolute Gasteiger partial charge is 0.260 e. The molecule has 3 rings (SSSR count). The Bertz CT molecular complexity index is 614. The molecule has 0 aliphatic heterocycles. The van der Waals surface area contributed by atoms with E-state index in [1.807, 2.05) is 31.0 Å². The topological polar surface area (TPSA) is 32.8 Å². The van der Waals surface area contributed by atoms with E-state index >= 15 is 0 Å². The van der Waals surface area contributed by atoms with E-state index in [0.29, 0.717) is 6.04 Å². The first-order chi connectivity index (χ1) is 11.9. The molecule has 138 valence electrons. The normalized spacial score (nSPS) is 28.2. The molecule has 2 aliphatic carbocycles. The first-order valence-corrected chi connectivity index (χ1v) is 9.48. The third-order valence-electron chi connectivity index (χ3n) is 6.54. The molecule has 4 atom stereocenters. The van der Waals surface area contributed by atoms with Crippen molar-refractivity contribution in [3.63, 3.8) is 0 Å². The summed E-state index contributed by atoms with van der Waals surface area (Å²) in [4.78, 5) is 16.9. The van der Waals surface area contributed by atoms with Crippen LogP contribution in [0.1, 0.15) is 36.8 Å². The molecule has 4 nitrogen and oxygen atoms in total. The molecular weight excluding hydrogens is 312 g/mol. The van der Waals surface area contributed by atoms with Crippen molar-refractivity contribution in [2.75, 3.05) is 27.7 Å². The van der Waals surface area contributed by atoms with Crippen molar-refractivity contribution in [3.8, 4) is 5.75 Å². The van der Waals surface area contributed by atoms with Gasteiger partial charge in [-0.1, -0.05) is 12.1 Å². The lowest BCUT2D eigenvalue weighted by atomic mass is 10.0. The molecule has 2 aliphatic rings. The number of hydrogen-bond donors (Lipinski definition) is 0. The molecule has 1 aromatic rings. The number of fused-ring (bicyclic) bond motifs is 1. The number of carbonyl (C=O) groups excluding carboxylic acids is 1. The lowest BCUT2D eigenvalue weighted by Gasteiger charge is -2.27. The molecule has 0 spiro atoms. The highest BCUT2D eigenvalue weighted by Crippen LogP contribution is 2.46. The van der Waals surface area contributed by atoms with Crippen LogP contribution in [0, 0.1) is 25.7 Å². The van der Waals surface area contributed by atoms with Crippen LogP contribution in [-0.4, -0.2) is 55.5 Å². The number of amides is 1. The number of rotatable bonds is 5. The fraction of sp³-hybridized carbons (Fsp3) is 0.667. The summed E-state index contributed by atoms with van der Waals surface area (Å²) in [5, 5.41) is 0. The zero-order chi connectivity index (χ0) is 18.1. The number of nitrogens with zero attached hydrogens (tertiary/aromatic N) is 2. The fourth-order valence-corrected chi connectivity index (χ4v) is 4.62. The van der Waals surface area contributed by atoms with E-state index in [1.54, 1.807) is 0 Å². The minimum Gasteiger partial charge on any atom is -0.483 e. The largest absolute Gasteiger partial charge is 0.483 e. The summed E-state index contributed by atoms with van der Waals surface area (Å²) < 4.78 is 5.80. The minimum atomic E-state index is 0.0926. The van der Waals surface area contributed by atoms with Crippen LogP contribution in [-0.2, 0) is 4.79 Å². The Morgan fingerprint density at radius 2 is 1.64 bits per heavy atom. The van der Waals surface area contributed by atoms with Gasteiger partial charge in [0, 0.05) is 19.1 Å². The molecule has 0 heterocycles. The predicted molar refractivity (Wildman–Crippen MR) is 101 cm³/mol. The van der Waals surface area contributed by atoms with E-state index in [2.05, 4.69) is 32.0 Å². The van der Waals surface area contributed by atoms with Gasteiger partial charge in [0.2, 0.25) is 0 Å². The average molecular weight is 344 g/mol. The van der Waals surface area contributed by atoms with Crippen molar-refractivity contribution in [1.82, 2.24) is 9.80 Å². The fourth-order valence-electron chi connectivity index (χ4n) is 4.62. The average Bonchev–Trinajstić information content (AvgIpc) is 3.14. The summed E-state index contributed by atoms with van der Waals surface area (Å²) in [6.45, 7) is 4.24. The maximum atomic E-state index is 12.6. The molecule has 25 heavy (non-hydrogen) atoms. The zero-order valence-corrected chi connectivity index (χ0v) is 16.3. The third-order valence-corrected chi connectivity index (χ3v) is 6.54. The Hall–Kier alpha value is -1.55. The van der Waals surface area contributed by atoms with Crippen LogP contribution in [0.15, 0.2) is 18.2 Å². The Morgan fingerprint density at radius 3 is 2.24 bits per heavy atom. The molecular formula is C21H32N2O2. The van der Waals surface area contributed by atoms with Crippen LogP contribution in [0.4, 0.5) is 0 Å². The van der Waals surface area contributed by atoms with Gasteiger partial charge in [-0.05, 0) is 82.7 Å². The van der Waals surface area contributed by atoms with Gasteiger partial charge in [-0.2, -0.15) is 0 Å². The van der Waals surface area contributed by atoms with Crippen molar-refractivity contribution in [2.24, 2.45) is 11.8 Å². The van der Waals surface area contributed by atoms with Crippen LogP contribution in [0.5, 0.6) is 5.75 Å². The zero-order valence-electron chi connectivity index (χ0n) is 16.3. The van der Waals surface area contributed by atoms with Crippen LogP contribution in [0.25, 0.3) is 0 Å². The lowest BCUT2D eigenvalue weighted by molar-refractivity contribution is -0.134. The van der Waals surface area contributed by atoms with Crippen molar-refractivity contribution >= 4 is 5.91 Å². The van der Waals surface area contributed by atoms with Crippen molar-refractivity contribution in [1.29, 1.82) is 0 Å². The first-order valence-electron chi connectivity index (χ1n) is 9.48. The highest BCUT2D eigenvalue weighted by Gasteiger charge is 2.44. The van der Waals surface area contributed by atoms with Crippen LogP contribution >= 0.6 is 0 Å². The number of aryl methyl sites for hydroxylation is 1. The van der Waals surface area contributed by atoms with Gasteiger partial charge in [0.15, 0.2) is 6.61 Å². The van der Waals surface area contributed by atoms with E-state index in [4.69, 9.17) is 4.74 Å². The molecule has 0 aromatic heterocycles. The Kier molecular flexibility index (Phi) is 5.38. The number of hydrogen-bond acceptors (Lipinski definition) is 3. The van der Waals surface area contributed by atoms with Gasteiger partial charge in [0.05, 0.1) is 0 Å². The van der Waals surface area contributed by atoms with Crippen molar-refractivity contribution in [2.45, 2.75) is 51.6 Å². The van der Waals surface area contributed by atoms with Crippen molar-refractivity contribution < 1.29 is 9.53 Å². The Morgan fingerprint density at radius 1 is 1.04 bits per heavy atom. The van der Waals surface area contributed by atoms with Crippen LogP contribution < -0.4 is 4.74 Å². The monoisotopic (exact) mass is 344 g/mol. The molecule has 0 radical (unpaired) electrons. The predicted octanol–water partition coefficient (Wildman–Crippen LogP) is 3.26. The quantitative estimate of drug-likeness (QED) is 0.822. The summed E-state index contributed by atoms with van der Waals surface area (Å²) in [5.41, 5.74) is 2.31. The van der Waals surface area contributed by atoms with Gasteiger partial charge < -0.3 is 14.5 Å². The van der Waals surface area contributed by atoms with Gasteiger partial charge in [-0.3, -0.25) is 4.79 Å². The lowest BCUT2D eigenvalue weighted by Crippen LogP contribution is -2.39. The highest BCUT2D eigenvalue weighted by molar-refractivity contribution is 5.78. The molecule has 0 saturated heterocycles. The van der Waals surface area contributed by atoms with Gasteiger partial charge in [-0.25, -0.2) is 0 Å². The van der Waals surface area contributed by atoms with Crippen molar-refractivity contribution in [3.05, 3.63) is 29.3 Å². The number of ether oxygens (including phenoxy) is 1. The van der Waals surface area contributed by atoms with E-state index in [9.17, 15) is 4.79 Å². The summed E-state index contributed by atoms with van der Waals surface area (Å²) in [7, 11) is 6.32. The second kappa shape index (κ2) is 7.36. The second-order valence-electron chi connectivity index (χ2n) is 8.23. The van der Waals surface area contributed by atoms with Crippen LogP contribution in [0.3, 0.4) is 0 Å². The van der Waals surface area contributed by atoms with Gasteiger partial charge in [0.25, 0.3) is 5.91 Å². The number of likely N-dealkylation sites (N-methyl/N-ethyl adjacent to an activating group) is 1. The molecule has 4 heteroatoms. The Labute approximate surface area is 152 Å². The van der Waals surface area contributed by atoms with E-state index < -0.39 is 0 Å². The maximum absolute atomic E-state index is 12.6. The third kappa shape index (κ3) is 3.84. The summed E-state index contributed by atoms with van der Waals surface area (Å²) in [6.07, 6.45) is 4.88. The minimum absolute atomic E-state index is 0.0926.